The highest BCUT2D eigenvalue weighted by molar-refractivity contribution is 5.82. The molecular formula is C20H29NO4. The van der Waals surface area contributed by atoms with Crippen LogP contribution in [-0.4, -0.2) is 44.3 Å². The lowest BCUT2D eigenvalue weighted by Gasteiger charge is -2.39. The predicted molar refractivity (Wildman–Crippen MR) is 96.1 cm³/mol. The maximum Gasteiger partial charge on any atom is 0.252 e. The van der Waals surface area contributed by atoms with Gasteiger partial charge in [-0.15, -0.1) is 0 Å². The van der Waals surface area contributed by atoms with Crippen molar-refractivity contribution in [2.24, 2.45) is 5.92 Å². The molecule has 1 amide bonds. The summed E-state index contributed by atoms with van der Waals surface area (Å²) in [6.45, 7) is 5.83. The van der Waals surface area contributed by atoms with Crippen LogP contribution in [0.4, 0.5) is 0 Å². The molecule has 0 bridgehead atoms. The fourth-order valence-corrected chi connectivity index (χ4v) is 3.95. The second-order valence-electron chi connectivity index (χ2n) is 7.33. The SMILES string of the molecule is COc1cc2c(cc1OC)C(CC(C)C)N(C(=O)C1CCCO1)CC2. The number of methoxy groups -OCH3 is 2. The molecule has 0 spiro atoms. The number of carbonyl (C=O) groups excluding carboxylic acids is 1. The molecule has 138 valence electrons. The highest BCUT2D eigenvalue weighted by Crippen LogP contribution is 2.41. The van der Waals surface area contributed by atoms with Crippen molar-refractivity contribution in [3.63, 3.8) is 0 Å². The van der Waals surface area contributed by atoms with E-state index in [-0.39, 0.29) is 18.1 Å². The summed E-state index contributed by atoms with van der Waals surface area (Å²) < 4.78 is 16.6. The van der Waals surface area contributed by atoms with Gasteiger partial charge in [-0.2, -0.15) is 0 Å². The third-order valence-corrected chi connectivity index (χ3v) is 5.19. The van der Waals surface area contributed by atoms with Crippen LogP contribution in [0.3, 0.4) is 0 Å². The van der Waals surface area contributed by atoms with Gasteiger partial charge in [-0.1, -0.05) is 13.8 Å². The van der Waals surface area contributed by atoms with Crippen molar-refractivity contribution >= 4 is 5.91 Å². The molecule has 2 unspecified atom stereocenters. The first-order chi connectivity index (χ1) is 12.0. The summed E-state index contributed by atoms with van der Waals surface area (Å²) in [5, 5.41) is 0. The second kappa shape index (κ2) is 7.65. The van der Waals surface area contributed by atoms with E-state index in [0.29, 0.717) is 12.5 Å². The minimum absolute atomic E-state index is 0.0697. The van der Waals surface area contributed by atoms with Crippen LogP contribution in [-0.2, 0) is 16.0 Å². The Bertz CT molecular complexity index is 622. The van der Waals surface area contributed by atoms with Gasteiger partial charge in [0.25, 0.3) is 5.91 Å². The van der Waals surface area contributed by atoms with E-state index in [1.54, 1.807) is 14.2 Å². The van der Waals surface area contributed by atoms with Crippen molar-refractivity contribution in [1.82, 2.24) is 4.90 Å². The third kappa shape index (κ3) is 3.61. The van der Waals surface area contributed by atoms with Gasteiger partial charge in [0.2, 0.25) is 0 Å². The Balaban J connectivity index is 1.96. The van der Waals surface area contributed by atoms with Gasteiger partial charge in [0.1, 0.15) is 6.10 Å². The Morgan fingerprint density at radius 2 is 2.00 bits per heavy atom. The van der Waals surface area contributed by atoms with Gasteiger partial charge >= 0.3 is 0 Å². The van der Waals surface area contributed by atoms with Crippen molar-refractivity contribution in [2.45, 2.75) is 51.7 Å². The summed E-state index contributed by atoms with van der Waals surface area (Å²) in [6, 6.07) is 4.19. The molecule has 0 saturated carbocycles. The number of benzene rings is 1. The Hall–Kier alpha value is -1.75. The number of amides is 1. The second-order valence-corrected chi connectivity index (χ2v) is 7.33. The van der Waals surface area contributed by atoms with E-state index in [1.165, 1.54) is 11.1 Å². The summed E-state index contributed by atoms with van der Waals surface area (Å²) in [4.78, 5) is 15.1. The first-order valence-corrected chi connectivity index (χ1v) is 9.22. The first-order valence-electron chi connectivity index (χ1n) is 9.22. The van der Waals surface area contributed by atoms with Crippen LogP contribution in [0.15, 0.2) is 12.1 Å². The Labute approximate surface area is 150 Å². The van der Waals surface area contributed by atoms with Crippen LogP contribution in [0.25, 0.3) is 0 Å². The molecule has 25 heavy (non-hydrogen) atoms. The van der Waals surface area contributed by atoms with Gasteiger partial charge in [-0.25, -0.2) is 0 Å². The first kappa shape index (κ1) is 18.1. The van der Waals surface area contributed by atoms with Crippen molar-refractivity contribution in [1.29, 1.82) is 0 Å². The zero-order valence-corrected chi connectivity index (χ0v) is 15.7. The Kier molecular flexibility index (Phi) is 5.52. The van der Waals surface area contributed by atoms with Crippen molar-refractivity contribution in [3.8, 4) is 11.5 Å². The molecule has 2 aliphatic rings. The molecule has 2 aliphatic heterocycles. The summed E-state index contributed by atoms with van der Waals surface area (Å²) >= 11 is 0. The van der Waals surface area contributed by atoms with Crippen LogP contribution < -0.4 is 9.47 Å². The molecule has 5 heteroatoms. The van der Waals surface area contributed by atoms with Gasteiger partial charge in [0.15, 0.2) is 11.5 Å². The maximum atomic E-state index is 13.0. The van der Waals surface area contributed by atoms with E-state index in [0.717, 1.165) is 43.7 Å². The number of nitrogens with zero attached hydrogens (tertiary/aromatic N) is 1. The Morgan fingerprint density at radius 1 is 1.28 bits per heavy atom. The zero-order chi connectivity index (χ0) is 18.0. The molecular weight excluding hydrogens is 318 g/mol. The fraction of sp³-hybridized carbons (Fsp3) is 0.650. The van der Waals surface area contributed by atoms with E-state index < -0.39 is 0 Å². The highest BCUT2D eigenvalue weighted by Gasteiger charge is 2.36. The van der Waals surface area contributed by atoms with Crippen LogP contribution >= 0.6 is 0 Å². The number of ether oxygens (including phenoxy) is 3. The van der Waals surface area contributed by atoms with E-state index in [2.05, 4.69) is 26.0 Å². The quantitative estimate of drug-likeness (QED) is 0.819. The summed E-state index contributed by atoms with van der Waals surface area (Å²) in [6.07, 6.45) is 3.31. The molecule has 2 heterocycles. The van der Waals surface area contributed by atoms with Crippen LogP contribution in [0.1, 0.15) is 50.3 Å². The van der Waals surface area contributed by atoms with E-state index in [9.17, 15) is 4.79 Å². The summed E-state index contributed by atoms with van der Waals surface area (Å²) in [5.41, 5.74) is 2.43. The van der Waals surface area contributed by atoms with Crippen molar-refractivity contribution in [2.75, 3.05) is 27.4 Å². The maximum absolute atomic E-state index is 13.0. The largest absolute Gasteiger partial charge is 0.493 e. The summed E-state index contributed by atoms with van der Waals surface area (Å²) in [7, 11) is 3.31. The molecule has 0 radical (unpaired) electrons. The average Bonchev–Trinajstić information content (AvgIpc) is 3.14. The van der Waals surface area contributed by atoms with Gasteiger partial charge in [0.05, 0.1) is 20.3 Å². The van der Waals surface area contributed by atoms with E-state index in [4.69, 9.17) is 14.2 Å². The van der Waals surface area contributed by atoms with Gasteiger partial charge < -0.3 is 19.1 Å². The molecule has 0 aromatic heterocycles. The molecule has 1 fully saturated rings. The Morgan fingerprint density at radius 3 is 2.60 bits per heavy atom. The number of carbonyl (C=O) groups is 1. The van der Waals surface area contributed by atoms with Crippen molar-refractivity contribution in [3.05, 3.63) is 23.3 Å². The molecule has 2 atom stereocenters. The molecule has 3 rings (SSSR count). The molecule has 5 nitrogen and oxygen atoms in total. The number of hydrogen-bond donors (Lipinski definition) is 0. The van der Waals surface area contributed by atoms with Gasteiger partial charge in [-0.3, -0.25) is 4.79 Å². The monoisotopic (exact) mass is 347 g/mol. The third-order valence-electron chi connectivity index (χ3n) is 5.19. The van der Waals surface area contributed by atoms with E-state index in [1.807, 2.05) is 4.90 Å². The highest BCUT2D eigenvalue weighted by atomic mass is 16.5. The number of hydrogen-bond acceptors (Lipinski definition) is 4. The van der Waals surface area contributed by atoms with Gasteiger partial charge in [-0.05, 0) is 54.9 Å². The minimum atomic E-state index is -0.267. The van der Waals surface area contributed by atoms with E-state index >= 15 is 0 Å². The standard InChI is InChI=1S/C20H29NO4/c1-13(2)10-16-15-12-19(24-4)18(23-3)11-14(15)7-8-21(16)20(22)17-6-5-9-25-17/h11-13,16-17H,5-10H2,1-4H3. The predicted octanol–water partition coefficient (Wildman–Crippen LogP) is 3.35. The van der Waals surface area contributed by atoms with Crippen molar-refractivity contribution < 1.29 is 19.0 Å². The molecule has 0 N–H and O–H groups in total. The normalized spacial score (nSPS) is 22.8. The molecule has 1 aromatic rings. The fourth-order valence-electron chi connectivity index (χ4n) is 3.95. The number of fused-ring (bicyclic) bond motifs is 1. The van der Waals surface area contributed by atoms with Crippen LogP contribution in [0.5, 0.6) is 11.5 Å². The number of rotatable bonds is 5. The molecule has 0 aliphatic carbocycles. The molecule has 1 aromatic carbocycles. The smallest absolute Gasteiger partial charge is 0.252 e. The average molecular weight is 347 g/mol. The minimum Gasteiger partial charge on any atom is -0.493 e. The summed E-state index contributed by atoms with van der Waals surface area (Å²) in [5.74, 6) is 2.11. The molecule has 1 saturated heterocycles. The van der Waals surface area contributed by atoms with Gasteiger partial charge in [0, 0.05) is 13.2 Å². The van der Waals surface area contributed by atoms with Crippen LogP contribution in [0, 0.1) is 5.92 Å². The zero-order valence-electron chi connectivity index (χ0n) is 15.7. The lowest BCUT2D eigenvalue weighted by atomic mass is 9.86. The van der Waals surface area contributed by atoms with Crippen LogP contribution in [0.2, 0.25) is 0 Å². The lowest BCUT2D eigenvalue weighted by molar-refractivity contribution is -0.144. The topological polar surface area (TPSA) is 48.0 Å². The lowest BCUT2D eigenvalue weighted by Crippen LogP contribution is -2.45.